The number of nitrogens with zero attached hydrogens (tertiary/aromatic N) is 2. The summed E-state index contributed by atoms with van der Waals surface area (Å²) in [6.07, 6.45) is 0.842. The maximum atomic E-state index is 12.2. The third-order valence-electron chi connectivity index (χ3n) is 2.97. The third kappa shape index (κ3) is 2.42. The van der Waals surface area contributed by atoms with Crippen LogP contribution in [0.4, 0.5) is 5.13 Å². The quantitative estimate of drug-likeness (QED) is 0.777. The number of carbonyl (C=O) groups excluding carboxylic acids is 1. The Morgan fingerprint density at radius 1 is 1.40 bits per heavy atom. The molecule has 20 heavy (non-hydrogen) atoms. The van der Waals surface area contributed by atoms with Gasteiger partial charge in [0.15, 0.2) is 5.13 Å². The van der Waals surface area contributed by atoms with Crippen LogP contribution in [0.3, 0.4) is 0 Å². The second kappa shape index (κ2) is 5.05. The van der Waals surface area contributed by atoms with Crippen molar-refractivity contribution in [1.82, 2.24) is 15.0 Å². The number of thiazole rings is 1. The predicted octanol–water partition coefficient (Wildman–Crippen LogP) is 3.14. The Morgan fingerprint density at radius 3 is 2.95 bits per heavy atom. The molecule has 0 radical (unpaired) electrons. The van der Waals surface area contributed by atoms with Crippen molar-refractivity contribution in [2.75, 3.05) is 5.32 Å². The summed E-state index contributed by atoms with van der Waals surface area (Å²) in [7, 11) is 0. The number of imidazole rings is 1. The van der Waals surface area contributed by atoms with Crippen LogP contribution in [0.1, 0.15) is 28.8 Å². The molecule has 0 aliphatic rings. The molecule has 0 spiro atoms. The molecule has 3 aromatic rings. The van der Waals surface area contributed by atoms with Crippen LogP contribution in [0, 0.1) is 6.92 Å². The Balaban J connectivity index is 1.87. The van der Waals surface area contributed by atoms with Crippen molar-refractivity contribution in [3.05, 3.63) is 40.7 Å². The summed E-state index contributed by atoms with van der Waals surface area (Å²) in [4.78, 5) is 24.0. The molecule has 0 saturated carbocycles. The zero-order chi connectivity index (χ0) is 14.1. The number of fused-ring (bicyclic) bond motifs is 1. The number of amides is 1. The lowest BCUT2D eigenvalue weighted by molar-refractivity contribution is 0.102. The van der Waals surface area contributed by atoms with Crippen molar-refractivity contribution < 1.29 is 4.79 Å². The number of aromatic nitrogens is 3. The highest BCUT2D eigenvalue weighted by Crippen LogP contribution is 2.18. The summed E-state index contributed by atoms with van der Waals surface area (Å²) in [6, 6.07) is 5.45. The van der Waals surface area contributed by atoms with Crippen LogP contribution in [0.5, 0.6) is 0 Å². The zero-order valence-electron chi connectivity index (χ0n) is 11.2. The first kappa shape index (κ1) is 12.8. The molecule has 102 valence electrons. The van der Waals surface area contributed by atoms with Gasteiger partial charge in [0.25, 0.3) is 5.91 Å². The number of H-pyrrole nitrogens is 1. The molecular weight excluding hydrogens is 272 g/mol. The van der Waals surface area contributed by atoms with E-state index in [-0.39, 0.29) is 5.91 Å². The van der Waals surface area contributed by atoms with Gasteiger partial charge < -0.3 is 4.98 Å². The number of aryl methyl sites for hydroxylation is 2. The van der Waals surface area contributed by atoms with E-state index in [1.807, 2.05) is 31.4 Å². The topological polar surface area (TPSA) is 70.7 Å². The van der Waals surface area contributed by atoms with Gasteiger partial charge in [-0.15, -0.1) is 11.3 Å². The molecule has 0 fully saturated rings. The molecule has 3 rings (SSSR count). The predicted molar refractivity (Wildman–Crippen MR) is 80.3 cm³/mol. The van der Waals surface area contributed by atoms with E-state index in [1.54, 1.807) is 6.07 Å². The van der Waals surface area contributed by atoms with E-state index in [0.717, 1.165) is 29.0 Å². The van der Waals surface area contributed by atoms with E-state index in [9.17, 15) is 4.79 Å². The normalized spacial score (nSPS) is 10.9. The van der Waals surface area contributed by atoms with E-state index in [0.29, 0.717) is 10.7 Å². The molecule has 0 aliphatic heterocycles. The Kier molecular flexibility index (Phi) is 3.23. The summed E-state index contributed by atoms with van der Waals surface area (Å²) in [5.41, 5.74) is 3.26. The second-order valence-electron chi connectivity index (χ2n) is 4.52. The number of rotatable bonds is 3. The van der Waals surface area contributed by atoms with Gasteiger partial charge in [-0.25, -0.2) is 9.97 Å². The first-order chi connectivity index (χ1) is 9.65. The lowest BCUT2D eigenvalue weighted by Gasteiger charge is -2.01. The molecule has 0 aliphatic carbocycles. The van der Waals surface area contributed by atoms with Gasteiger partial charge >= 0.3 is 0 Å². The minimum atomic E-state index is -0.158. The highest BCUT2D eigenvalue weighted by atomic mass is 32.1. The number of carbonyl (C=O) groups is 1. The van der Waals surface area contributed by atoms with Gasteiger partial charge in [-0.2, -0.15) is 0 Å². The molecule has 6 heteroatoms. The molecule has 2 N–H and O–H groups in total. The first-order valence-electron chi connectivity index (χ1n) is 6.38. The summed E-state index contributed by atoms with van der Waals surface area (Å²) in [5.74, 6) is 0.766. The number of hydrogen-bond acceptors (Lipinski definition) is 4. The Hall–Kier alpha value is -2.21. The van der Waals surface area contributed by atoms with Crippen LogP contribution in [-0.4, -0.2) is 20.9 Å². The Morgan fingerprint density at radius 2 is 2.25 bits per heavy atom. The Bertz CT molecular complexity index is 774. The van der Waals surface area contributed by atoms with E-state index in [1.165, 1.54) is 11.3 Å². The van der Waals surface area contributed by atoms with Gasteiger partial charge in [0.2, 0.25) is 0 Å². The number of aromatic amines is 1. The fourth-order valence-electron chi connectivity index (χ4n) is 1.95. The molecule has 0 atom stereocenters. The smallest absolute Gasteiger partial charge is 0.257 e. The van der Waals surface area contributed by atoms with Gasteiger partial charge in [0.05, 0.1) is 16.7 Å². The first-order valence-corrected chi connectivity index (χ1v) is 7.26. The molecule has 5 nitrogen and oxygen atoms in total. The third-order valence-corrected chi connectivity index (χ3v) is 3.84. The van der Waals surface area contributed by atoms with Crippen molar-refractivity contribution in [3.63, 3.8) is 0 Å². The Labute approximate surface area is 120 Å². The number of anilines is 1. The minimum absolute atomic E-state index is 0.158. The van der Waals surface area contributed by atoms with Crippen molar-refractivity contribution in [3.8, 4) is 0 Å². The van der Waals surface area contributed by atoms with Crippen LogP contribution in [0.2, 0.25) is 0 Å². The summed E-state index contributed by atoms with van der Waals surface area (Å²) in [5, 5.41) is 5.32. The van der Waals surface area contributed by atoms with Crippen molar-refractivity contribution in [1.29, 1.82) is 0 Å². The van der Waals surface area contributed by atoms with E-state index in [2.05, 4.69) is 20.3 Å². The molecular formula is C14H14N4OS. The van der Waals surface area contributed by atoms with Crippen molar-refractivity contribution >= 4 is 33.4 Å². The van der Waals surface area contributed by atoms with Crippen LogP contribution < -0.4 is 5.32 Å². The molecule has 0 bridgehead atoms. The van der Waals surface area contributed by atoms with Crippen LogP contribution in [0.25, 0.3) is 11.0 Å². The van der Waals surface area contributed by atoms with Gasteiger partial charge in [0, 0.05) is 17.4 Å². The van der Waals surface area contributed by atoms with Crippen LogP contribution >= 0.6 is 11.3 Å². The lowest BCUT2D eigenvalue weighted by atomic mass is 10.2. The summed E-state index contributed by atoms with van der Waals surface area (Å²) in [6.45, 7) is 3.94. The maximum absolute atomic E-state index is 12.2. The highest BCUT2D eigenvalue weighted by Gasteiger charge is 2.10. The molecule has 0 unspecified atom stereocenters. The maximum Gasteiger partial charge on any atom is 0.257 e. The van der Waals surface area contributed by atoms with Gasteiger partial charge in [0.1, 0.15) is 5.82 Å². The van der Waals surface area contributed by atoms with Crippen molar-refractivity contribution in [2.24, 2.45) is 0 Å². The van der Waals surface area contributed by atoms with E-state index < -0.39 is 0 Å². The van der Waals surface area contributed by atoms with Crippen LogP contribution in [-0.2, 0) is 6.42 Å². The molecule has 2 heterocycles. The SMILES string of the molecule is CCc1nc2ccc(C(=O)Nc3nc(C)cs3)cc2[nH]1. The summed E-state index contributed by atoms with van der Waals surface area (Å²) < 4.78 is 0. The monoisotopic (exact) mass is 286 g/mol. The van der Waals surface area contributed by atoms with Gasteiger partial charge in [-0.3, -0.25) is 10.1 Å². The molecule has 2 aromatic heterocycles. The summed E-state index contributed by atoms with van der Waals surface area (Å²) >= 11 is 1.42. The molecule has 1 amide bonds. The van der Waals surface area contributed by atoms with Gasteiger partial charge in [-0.1, -0.05) is 6.92 Å². The molecule has 1 aromatic carbocycles. The van der Waals surface area contributed by atoms with Crippen molar-refractivity contribution in [2.45, 2.75) is 20.3 Å². The second-order valence-corrected chi connectivity index (χ2v) is 5.38. The average molecular weight is 286 g/mol. The number of hydrogen-bond donors (Lipinski definition) is 2. The largest absolute Gasteiger partial charge is 0.342 e. The lowest BCUT2D eigenvalue weighted by Crippen LogP contribution is -2.11. The molecule has 0 saturated heterocycles. The van der Waals surface area contributed by atoms with Crippen LogP contribution in [0.15, 0.2) is 23.6 Å². The minimum Gasteiger partial charge on any atom is -0.342 e. The number of nitrogens with one attached hydrogen (secondary N) is 2. The average Bonchev–Trinajstić information content (AvgIpc) is 3.03. The standard InChI is InChI=1S/C14H14N4OS/c1-3-12-16-10-5-4-9(6-11(10)17-12)13(19)18-14-15-8(2)7-20-14/h4-7H,3H2,1-2H3,(H,16,17)(H,15,18,19). The fourth-order valence-corrected chi connectivity index (χ4v) is 2.64. The zero-order valence-corrected chi connectivity index (χ0v) is 12.0. The van der Waals surface area contributed by atoms with E-state index >= 15 is 0 Å². The highest BCUT2D eigenvalue weighted by molar-refractivity contribution is 7.13. The van der Waals surface area contributed by atoms with E-state index in [4.69, 9.17) is 0 Å². The fraction of sp³-hybridized carbons (Fsp3) is 0.214. The number of benzene rings is 1. The van der Waals surface area contributed by atoms with Gasteiger partial charge in [-0.05, 0) is 25.1 Å².